The lowest BCUT2D eigenvalue weighted by atomic mass is 10.1. The van der Waals surface area contributed by atoms with E-state index in [4.69, 9.17) is 0 Å². The molecule has 2 nitrogen and oxygen atoms in total. The molecule has 2 aromatic rings. The van der Waals surface area contributed by atoms with Gasteiger partial charge in [-0.25, -0.2) is 0 Å². The van der Waals surface area contributed by atoms with Crippen LogP contribution in [0.5, 0.6) is 0 Å². The fourth-order valence-electron chi connectivity index (χ4n) is 1.24. The molecule has 64 valence electrons. The molecule has 0 saturated carbocycles. The minimum absolute atomic E-state index is 0.672. The highest BCUT2D eigenvalue weighted by Gasteiger charge is 2.00. The number of aldehydes is 1. The van der Waals surface area contributed by atoms with Crippen molar-refractivity contribution in [3.05, 3.63) is 40.6 Å². The normalized spacial score (nSPS) is 10.2. The Kier molecular flexibility index (Phi) is 2.10. The number of pyridine rings is 1. The van der Waals surface area contributed by atoms with E-state index in [0.717, 1.165) is 21.5 Å². The highest BCUT2D eigenvalue weighted by atomic mass is 79.9. The molecule has 0 radical (unpaired) electrons. The Morgan fingerprint density at radius 2 is 2.23 bits per heavy atom. The molecule has 0 amide bonds. The third kappa shape index (κ3) is 1.47. The maximum Gasteiger partial charge on any atom is 0.150 e. The number of carbonyl (C=O) groups is 1. The molecule has 0 fully saturated rings. The maximum atomic E-state index is 10.6. The van der Waals surface area contributed by atoms with Crippen molar-refractivity contribution in [2.45, 2.75) is 0 Å². The minimum atomic E-state index is 0.672. The van der Waals surface area contributed by atoms with Crippen molar-refractivity contribution in [3.8, 4) is 0 Å². The summed E-state index contributed by atoms with van der Waals surface area (Å²) < 4.78 is 0.903. The summed E-state index contributed by atoms with van der Waals surface area (Å²) in [5, 5.41) is 2.04. The molecule has 0 N–H and O–H groups in total. The number of halogens is 1. The highest BCUT2D eigenvalue weighted by Crippen LogP contribution is 2.24. The van der Waals surface area contributed by atoms with Gasteiger partial charge in [0, 0.05) is 27.8 Å². The molecule has 13 heavy (non-hydrogen) atoms. The van der Waals surface area contributed by atoms with Crippen LogP contribution in [0.15, 0.2) is 35.1 Å². The molecule has 0 atom stereocenters. The lowest BCUT2D eigenvalue weighted by molar-refractivity contribution is 0.112. The van der Waals surface area contributed by atoms with Gasteiger partial charge in [-0.2, -0.15) is 0 Å². The first-order chi connectivity index (χ1) is 6.31. The molecule has 0 unspecified atom stereocenters. The fraction of sp³-hybridized carbons (Fsp3) is 0. The van der Waals surface area contributed by atoms with E-state index in [2.05, 4.69) is 20.9 Å². The minimum Gasteiger partial charge on any atom is -0.298 e. The largest absolute Gasteiger partial charge is 0.298 e. The van der Waals surface area contributed by atoms with Crippen molar-refractivity contribution in [1.82, 2.24) is 4.98 Å². The monoisotopic (exact) mass is 235 g/mol. The number of rotatable bonds is 1. The van der Waals surface area contributed by atoms with Crippen LogP contribution in [0.2, 0.25) is 0 Å². The number of hydrogen-bond donors (Lipinski definition) is 0. The van der Waals surface area contributed by atoms with Gasteiger partial charge in [0.05, 0.1) is 0 Å². The third-order valence-electron chi connectivity index (χ3n) is 1.86. The van der Waals surface area contributed by atoms with Crippen molar-refractivity contribution < 1.29 is 4.79 Å². The van der Waals surface area contributed by atoms with Gasteiger partial charge in [0.15, 0.2) is 0 Å². The molecular formula is C10H6BrNO. The van der Waals surface area contributed by atoms with Gasteiger partial charge >= 0.3 is 0 Å². The Morgan fingerprint density at radius 3 is 3.00 bits per heavy atom. The highest BCUT2D eigenvalue weighted by molar-refractivity contribution is 9.10. The first kappa shape index (κ1) is 8.38. The molecule has 2 rings (SSSR count). The van der Waals surface area contributed by atoms with Crippen LogP contribution < -0.4 is 0 Å². The second-order valence-corrected chi connectivity index (χ2v) is 3.57. The van der Waals surface area contributed by atoms with Gasteiger partial charge in [-0.3, -0.25) is 9.78 Å². The summed E-state index contributed by atoms with van der Waals surface area (Å²) in [5.41, 5.74) is 0.672. The van der Waals surface area contributed by atoms with Gasteiger partial charge in [0.25, 0.3) is 0 Å². The van der Waals surface area contributed by atoms with Gasteiger partial charge in [0.2, 0.25) is 0 Å². The lowest BCUT2D eigenvalue weighted by Gasteiger charge is -2.00. The standard InChI is InChI=1S/C10H6BrNO/c11-10-4-7(6-13)3-8-1-2-12-5-9(8)10/h1-6H. The Balaban J connectivity index is 2.84. The van der Waals surface area contributed by atoms with Crippen molar-refractivity contribution in [1.29, 1.82) is 0 Å². The van der Waals surface area contributed by atoms with Crippen LogP contribution in [-0.4, -0.2) is 11.3 Å². The molecular weight excluding hydrogens is 230 g/mol. The zero-order chi connectivity index (χ0) is 9.26. The van der Waals surface area contributed by atoms with E-state index in [1.165, 1.54) is 0 Å². The van der Waals surface area contributed by atoms with Gasteiger partial charge < -0.3 is 0 Å². The summed E-state index contributed by atoms with van der Waals surface area (Å²) in [6.45, 7) is 0. The van der Waals surface area contributed by atoms with Gasteiger partial charge in [0.1, 0.15) is 6.29 Å². The van der Waals surface area contributed by atoms with Crippen LogP contribution >= 0.6 is 15.9 Å². The molecule has 0 aliphatic rings. The van der Waals surface area contributed by atoms with Crippen LogP contribution in [0.1, 0.15) is 10.4 Å². The average Bonchev–Trinajstić information content (AvgIpc) is 2.18. The van der Waals surface area contributed by atoms with E-state index in [1.54, 1.807) is 18.5 Å². The summed E-state index contributed by atoms with van der Waals surface area (Å²) in [6, 6.07) is 5.51. The number of hydrogen-bond acceptors (Lipinski definition) is 2. The van der Waals surface area contributed by atoms with E-state index >= 15 is 0 Å². The second kappa shape index (κ2) is 3.26. The summed E-state index contributed by atoms with van der Waals surface area (Å²) in [4.78, 5) is 14.6. The second-order valence-electron chi connectivity index (χ2n) is 2.72. The van der Waals surface area contributed by atoms with Crippen molar-refractivity contribution in [3.63, 3.8) is 0 Å². The zero-order valence-electron chi connectivity index (χ0n) is 6.70. The third-order valence-corrected chi connectivity index (χ3v) is 2.52. The summed E-state index contributed by atoms with van der Waals surface area (Å²) in [6.07, 6.45) is 4.32. The van der Waals surface area contributed by atoms with E-state index in [1.807, 2.05) is 12.1 Å². The van der Waals surface area contributed by atoms with Crippen molar-refractivity contribution >= 4 is 33.0 Å². The molecule has 0 aliphatic heterocycles. The average molecular weight is 236 g/mol. The van der Waals surface area contributed by atoms with Gasteiger partial charge in [-0.15, -0.1) is 0 Å². The van der Waals surface area contributed by atoms with Crippen molar-refractivity contribution in [2.75, 3.05) is 0 Å². The molecule has 0 saturated heterocycles. The molecule has 0 bridgehead atoms. The number of aromatic nitrogens is 1. The van der Waals surface area contributed by atoms with Crippen molar-refractivity contribution in [2.24, 2.45) is 0 Å². The maximum absolute atomic E-state index is 10.6. The summed E-state index contributed by atoms with van der Waals surface area (Å²) in [7, 11) is 0. The van der Waals surface area contributed by atoms with Gasteiger partial charge in [-0.1, -0.05) is 15.9 Å². The van der Waals surface area contributed by atoms with E-state index in [0.29, 0.717) is 5.56 Å². The first-order valence-corrected chi connectivity index (χ1v) is 4.59. The number of nitrogens with zero attached hydrogens (tertiary/aromatic N) is 1. The van der Waals surface area contributed by atoms with Crippen LogP contribution in [0.25, 0.3) is 10.8 Å². The molecule has 1 aromatic heterocycles. The van der Waals surface area contributed by atoms with Crippen LogP contribution in [0.4, 0.5) is 0 Å². The number of carbonyl (C=O) groups excluding carboxylic acids is 1. The Labute approximate surface area is 83.7 Å². The molecule has 0 spiro atoms. The quantitative estimate of drug-likeness (QED) is 0.712. The SMILES string of the molecule is O=Cc1cc(Br)c2cnccc2c1. The molecule has 3 heteroatoms. The number of fused-ring (bicyclic) bond motifs is 1. The first-order valence-electron chi connectivity index (χ1n) is 3.80. The molecule has 1 heterocycles. The fourth-order valence-corrected chi connectivity index (χ4v) is 1.84. The van der Waals surface area contributed by atoms with E-state index in [-0.39, 0.29) is 0 Å². The van der Waals surface area contributed by atoms with Crippen LogP contribution in [0, 0.1) is 0 Å². The Hall–Kier alpha value is -1.22. The smallest absolute Gasteiger partial charge is 0.150 e. The summed E-state index contributed by atoms with van der Waals surface area (Å²) in [5.74, 6) is 0. The van der Waals surface area contributed by atoms with E-state index < -0.39 is 0 Å². The zero-order valence-corrected chi connectivity index (χ0v) is 8.28. The summed E-state index contributed by atoms with van der Waals surface area (Å²) >= 11 is 3.39. The van der Waals surface area contributed by atoms with Crippen LogP contribution in [-0.2, 0) is 0 Å². The predicted octanol–water partition coefficient (Wildman–Crippen LogP) is 2.81. The number of benzene rings is 1. The van der Waals surface area contributed by atoms with Gasteiger partial charge in [-0.05, 0) is 23.6 Å². The Bertz CT molecular complexity index is 467. The van der Waals surface area contributed by atoms with Crippen LogP contribution in [0.3, 0.4) is 0 Å². The van der Waals surface area contributed by atoms with E-state index in [9.17, 15) is 4.79 Å². The lowest BCUT2D eigenvalue weighted by Crippen LogP contribution is -1.82. The predicted molar refractivity (Wildman–Crippen MR) is 54.8 cm³/mol. The Morgan fingerprint density at radius 1 is 1.38 bits per heavy atom. The molecule has 0 aliphatic carbocycles. The topological polar surface area (TPSA) is 30.0 Å². The molecule has 1 aromatic carbocycles.